The van der Waals surface area contributed by atoms with E-state index in [4.69, 9.17) is 5.73 Å². The number of nitrogens with two attached hydrogens (primary N) is 1. The minimum atomic E-state index is 0.569. The lowest BCUT2D eigenvalue weighted by Gasteiger charge is -2.39. The molecule has 1 aliphatic carbocycles. The first kappa shape index (κ1) is 15.7. The highest BCUT2D eigenvalue weighted by molar-refractivity contribution is 7.14. The summed E-state index contributed by atoms with van der Waals surface area (Å²) in [7, 11) is 0. The Hall–Kier alpha value is -1.79. The van der Waals surface area contributed by atoms with Crippen molar-refractivity contribution < 1.29 is 0 Å². The first-order chi connectivity index (χ1) is 11.8. The summed E-state index contributed by atoms with van der Waals surface area (Å²) >= 11 is 1.53. The number of nitrogens with one attached hydrogen (secondary N) is 1. The van der Waals surface area contributed by atoms with E-state index in [1.165, 1.54) is 55.8 Å². The summed E-state index contributed by atoms with van der Waals surface area (Å²) < 4.78 is 0. The van der Waals surface area contributed by atoms with Gasteiger partial charge in [0.05, 0.1) is 0 Å². The molecule has 0 amide bonds. The summed E-state index contributed by atoms with van der Waals surface area (Å²) in [6, 6.07) is 9.49. The highest BCUT2D eigenvalue weighted by Crippen LogP contribution is 2.27. The van der Waals surface area contributed by atoms with Gasteiger partial charge in [0.2, 0.25) is 0 Å². The van der Waals surface area contributed by atoms with Gasteiger partial charge in [-0.3, -0.25) is 4.90 Å². The van der Waals surface area contributed by atoms with E-state index in [1.54, 1.807) is 0 Å². The zero-order chi connectivity index (χ0) is 16.4. The van der Waals surface area contributed by atoms with Crippen molar-refractivity contribution in [3.8, 4) is 0 Å². The molecule has 2 heterocycles. The monoisotopic (exact) mass is 343 g/mol. The van der Waals surface area contributed by atoms with Crippen LogP contribution in [0, 0.1) is 0 Å². The van der Waals surface area contributed by atoms with Crippen LogP contribution >= 0.6 is 11.3 Å². The Morgan fingerprint density at radius 3 is 2.38 bits per heavy atom. The molecule has 2 aliphatic rings. The predicted octanol–water partition coefficient (Wildman–Crippen LogP) is 3.53. The third-order valence-corrected chi connectivity index (χ3v) is 5.94. The lowest BCUT2D eigenvalue weighted by Crippen LogP contribution is -2.49. The third-order valence-electron chi connectivity index (χ3n) is 5.16. The molecule has 24 heavy (non-hydrogen) atoms. The Morgan fingerprint density at radius 2 is 1.75 bits per heavy atom. The average molecular weight is 344 g/mol. The molecule has 1 saturated carbocycles. The van der Waals surface area contributed by atoms with E-state index in [0.717, 1.165) is 30.0 Å². The summed E-state index contributed by atoms with van der Waals surface area (Å²) in [5, 5.41) is 5.99. The van der Waals surface area contributed by atoms with Gasteiger partial charge in [-0.15, -0.1) is 11.3 Å². The second-order valence-electron chi connectivity index (χ2n) is 6.71. The first-order valence-corrected chi connectivity index (χ1v) is 9.73. The minimum Gasteiger partial charge on any atom is -0.383 e. The maximum atomic E-state index is 5.66. The van der Waals surface area contributed by atoms with E-state index < -0.39 is 0 Å². The summed E-state index contributed by atoms with van der Waals surface area (Å²) in [5.74, 6) is 0.569. The molecular formula is C18H25N5S. The largest absolute Gasteiger partial charge is 0.383 e. The molecule has 3 N–H and O–H groups in total. The number of hydrogen-bond donors (Lipinski definition) is 2. The van der Waals surface area contributed by atoms with Gasteiger partial charge in [-0.05, 0) is 37.1 Å². The second kappa shape index (κ2) is 6.99. The number of thiazole rings is 1. The third kappa shape index (κ3) is 3.49. The molecule has 0 spiro atoms. The van der Waals surface area contributed by atoms with Crippen molar-refractivity contribution in [1.29, 1.82) is 0 Å². The van der Waals surface area contributed by atoms with Crippen molar-refractivity contribution >= 4 is 33.7 Å². The van der Waals surface area contributed by atoms with Crippen LogP contribution in [0.4, 0.5) is 22.3 Å². The Kier molecular flexibility index (Phi) is 4.58. The summed E-state index contributed by atoms with van der Waals surface area (Å²) in [6.07, 6.45) is 5.65. The predicted molar refractivity (Wildman–Crippen MR) is 102 cm³/mol. The molecule has 2 fully saturated rings. The van der Waals surface area contributed by atoms with Crippen LogP contribution in [-0.2, 0) is 0 Å². The van der Waals surface area contributed by atoms with Crippen molar-refractivity contribution in [2.45, 2.75) is 31.7 Å². The zero-order valence-corrected chi connectivity index (χ0v) is 14.8. The molecule has 4 rings (SSSR count). The lowest BCUT2D eigenvalue weighted by atomic mass is 10.1. The van der Waals surface area contributed by atoms with E-state index in [0.29, 0.717) is 5.82 Å². The summed E-state index contributed by atoms with van der Waals surface area (Å²) in [4.78, 5) is 9.43. The average Bonchev–Trinajstić information content (AvgIpc) is 3.28. The number of nitrogens with zero attached hydrogens (tertiary/aromatic N) is 3. The maximum absolute atomic E-state index is 5.66. The van der Waals surface area contributed by atoms with Crippen LogP contribution in [0.3, 0.4) is 0 Å². The van der Waals surface area contributed by atoms with E-state index in [2.05, 4.69) is 44.4 Å². The van der Waals surface area contributed by atoms with Crippen LogP contribution in [0.2, 0.25) is 0 Å². The molecule has 2 aromatic rings. The van der Waals surface area contributed by atoms with Crippen LogP contribution < -0.4 is 16.0 Å². The van der Waals surface area contributed by atoms with Gasteiger partial charge in [0.25, 0.3) is 0 Å². The first-order valence-electron chi connectivity index (χ1n) is 8.85. The Morgan fingerprint density at radius 1 is 1.04 bits per heavy atom. The number of piperazine rings is 1. The summed E-state index contributed by atoms with van der Waals surface area (Å²) in [5.41, 5.74) is 8.02. The van der Waals surface area contributed by atoms with Gasteiger partial charge in [0.1, 0.15) is 5.82 Å². The minimum absolute atomic E-state index is 0.569. The van der Waals surface area contributed by atoms with E-state index in [9.17, 15) is 0 Å². The number of hydrogen-bond acceptors (Lipinski definition) is 6. The molecule has 1 saturated heterocycles. The molecule has 1 aromatic heterocycles. The van der Waals surface area contributed by atoms with E-state index >= 15 is 0 Å². The lowest BCUT2D eigenvalue weighted by molar-refractivity contribution is 0.187. The Balaban J connectivity index is 1.33. The van der Waals surface area contributed by atoms with E-state index in [1.807, 2.05) is 5.38 Å². The second-order valence-corrected chi connectivity index (χ2v) is 7.57. The zero-order valence-electron chi connectivity index (χ0n) is 13.9. The molecule has 0 atom stereocenters. The number of benzene rings is 1. The van der Waals surface area contributed by atoms with Gasteiger partial charge >= 0.3 is 0 Å². The van der Waals surface area contributed by atoms with Crippen molar-refractivity contribution in [3.63, 3.8) is 0 Å². The topological polar surface area (TPSA) is 57.4 Å². The summed E-state index contributed by atoms with van der Waals surface area (Å²) in [6.45, 7) is 4.66. The number of anilines is 4. The van der Waals surface area contributed by atoms with Gasteiger partial charge in [0, 0.05) is 49.0 Å². The number of rotatable bonds is 4. The number of nitrogen functional groups attached to an aromatic ring is 1. The van der Waals surface area contributed by atoms with Crippen molar-refractivity contribution in [1.82, 2.24) is 9.88 Å². The fourth-order valence-corrected chi connectivity index (χ4v) is 4.46. The highest BCUT2D eigenvalue weighted by Gasteiger charge is 2.26. The quantitative estimate of drug-likeness (QED) is 0.889. The molecule has 1 aliphatic heterocycles. The standard InChI is InChI=1S/C18H25N5S/c19-17-13-24-18(21-17)20-14-5-7-16(8-6-14)23-11-9-22(10-12-23)15-3-1-2-4-15/h5-8,13,15H,1-4,9-12,19H2,(H,20,21). The molecule has 0 radical (unpaired) electrons. The van der Waals surface area contributed by atoms with Gasteiger partial charge in [0.15, 0.2) is 5.13 Å². The van der Waals surface area contributed by atoms with Gasteiger partial charge in [-0.2, -0.15) is 0 Å². The van der Waals surface area contributed by atoms with Crippen LogP contribution in [0.5, 0.6) is 0 Å². The normalized spacial score (nSPS) is 19.8. The maximum Gasteiger partial charge on any atom is 0.189 e. The number of aromatic nitrogens is 1. The smallest absolute Gasteiger partial charge is 0.189 e. The van der Waals surface area contributed by atoms with Crippen molar-refractivity contribution in [2.24, 2.45) is 0 Å². The highest BCUT2D eigenvalue weighted by atomic mass is 32.1. The van der Waals surface area contributed by atoms with Crippen LogP contribution in [-0.4, -0.2) is 42.1 Å². The van der Waals surface area contributed by atoms with Gasteiger partial charge in [-0.25, -0.2) is 4.98 Å². The molecule has 0 bridgehead atoms. The molecule has 1 aromatic carbocycles. The SMILES string of the molecule is Nc1csc(Nc2ccc(N3CCN(C4CCCC4)CC3)cc2)n1. The van der Waals surface area contributed by atoms with Gasteiger partial charge < -0.3 is 16.0 Å². The van der Waals surface area contributed by atoms with Crippen molar-refractivity contribution in [3.05, 3.63) is 29.6 Å². The van der Waals surface area contributed by atoms with Crippen LogP contribution in [0.15, 0.2) is 29.6 Å². The Labute approximate surface area is 147 Å². The molecule has 0 unspecified atom stereocenters. The fraction of sp³-hybridized carbons (Fsp3) is 0.500. The molecular weight excluding hydrogens is 318 g/mol. The Bertz CT molecular complexity index is 654. The van der Waals surface area contributed by atoms with Crippen LogP contribution in [0.1, 0.15) is 25.7 Å². The van der Waals surface area contributed by atoms with Crippen molar-refractivity contribution in [2.75, 3.05) is 42.1 Å². The molecule has 5 nitrogen and oxygen atoms in total. The molecule has 6 heteroatoms. The van der Waals surface area contributed by atoms with E-state index in [-0.39, 0.29) is 0 Å². The van der Waals surface area contributed by atoms with Gasteiger partial charge in [-0.1, -0.05) is 12.8 Å². The molecule has 128 valence electrons. The van der Waals surface area contributed by atoms with Crippen LogP contribution in [0.25, 0.3) is 0 Å². The fourth-order valence-electron chi connectivity index (χ4n) is 3.84.